The van der Waals surface area contributed by atoms with Crippen LogP contribution in [0, 0.1) is 5.92 Å². The fraction of sp³-hybridized carbons (Fsp3) is 0.538. The molecule has 1 unspecified atom stereocenters. The zero-order valence-corrected chi connectivity index (χ0v) is 11.6. The molecule has 1 N–H and O–H groups in total. The number of hydrogen-bond donors (Lipinski definition) is 1. The van der Waals surface area contributed by atoms with E-state index in [2.05, 4.69) is 34.9 Å². The minimum atomic E-state index is 0.308. The SMILES string of the molecule is CC(C)Cc1cc2n(n1)C(c1nccs1)CCN2. The molecule has 18 heavy (non-hydrogen) atoms. The number of hydrogen-bond acceptors (Lipinski definition) is 4. The smallest absolute Gasteiger partial charge is 0.125 e. The first kappa shape index (κ1) is 11.7. The molecule has 0 saturated carbocycles. The van der Waals surface area contributed by atoms with E-state index in [4.69, 9.17) is 5.10 Å². The molecule has 3 rings (SSSR count). The number of rotatable bonds is 3. The van der Waals surface area contributed by atoms with Crippen LogP contribution in [0.5, 0.6) is 0 Å². The predicted molar refractivity (Wildman–Crippen MR) is 74.1 cm³/mol. The van der Waals surface area contributed by atoms with Gasteiger partial charge in [0.2, 0.25) is 0 Å². The van der Waals surface area contributed by atoms with E-state index in [1.54, 1.807) is 11.3 Å². The van der Waals surface area contributed by atoms with E-state index in [-0.39, 0.29) is 0 Å². The van der Waals surface area contributed by atoms with E-state index in [1.165, 1.54) is 5.69 Å². The van der Waals surface area contributed by atoms with Crippen molar-refractivity contribution in [2.45, 2.75) is 32.7 Å². The van der Waals surface area contributed by atoms with Crippen molar-refractivity contribution in [3.63, 3.8) is 0 Å². The summed E-state index contributed by atoms with van der Waals surface area (Å²) in [5, 5.41) is 11.4. The summed E-state index contributed by atoms with van der Waals surface area (Å²) >= 11 is 1.72. The highest BCUT2D eigenvalue weighted by molar-refractivity contribution is 7.09. The maximum absolute atomic E-state index is 4.75. The van der Waals surface area contributed by atoms with Crippen molar-refractivity contribution in [2.75, 3.05) is 11.9 Å². The van der Waals surface area contributed by atoms with E-state index in [0.717, 1.165) is 30.2 Å². The lowest BCUT2D eigenvalue weighted by Crippen LogP contribution is -2.24. The Kier molecular flexibility index (Phi) is 3.07. The summed E-state index contributed by atoms with van der Waals surface area (Å²) < 4.78 is 2.11. The average Bonchev–Trinajstić information content (AvgIpc) is 2.94. The van der Waals surface area contributed by atoms with Crippen LogP contribution >= 0.6 is 11.3 Å². The second-order valence-electron chi connectivity index (χ2n) is 5.17. The quantitative estimate of drug-likeness (QED) is 0.924. The zero-order valence-electron chi connectivity index (χ0n) is 10.8. The third kappa shape index (κ3) is 2.14. The van der Waals surface area contributed by atoms with Gasteiger partial charge in [0.25, 0.3) is 0 Å². The van der Waals surface area contributed by atoms with Crippen LogP contribution in [0.4, 0.5) is 5.82 Å². The highest BCUT2D eigenvalue weighted by atomic mass is 32.1. The highest BCUT2D eigenvalue weighted by Crippen LogP contribution is 2.31. The second-order valence-corrected chi connectivity index (χ2v) is 6.09. The van der Waals surface area contributed by atoms with Gasteiger partial charge in [-0.1, -0.05) is 13.8 Å². The first-order valence-electron chi connectivity index (χ1n) is 6.45. The molecule has 0 saturated heterocycles. The van der Waals surface area contributed by atoms with Crippen LogP contribution in [0.3, 0.4) is 0 Å². The fourth-order valence-corrected chi connectivity index (χ4v) is 3.18. The molecule has 1 aliphatic rings. The van der Waals surface area contributed by atoms with E-state index < -0.39 is 0 Å². The van der Waals surface area contributed by atoms with Crippen LogP contribution in [-0.4, -0.2) is 21.3 Å². The summed E-state index contributed by atoms with van der Waals surface area (Å²) in [5.41, 5.74) is 1.18. The summed E-state index contributed by atoms with van der Waals surface area (Å²) in [4.78, 5) is 4.44. The Hall–Kier alpha value is -1.36. The van der Waals surface area contributed by atoms with Crippen molar-refractivity contribution in [1.82, 2.24) is 14.8 Å². The highest BCUT2D eigenvalue weighted by Gasteiger charge is 2.24. The molecule has 0 aromatic carbocycles. The van der Waals surface area contributed by atoms with Crippen LogP contribution in [0.2, 0.25) is 0 Å². The van der Waals surface area contributed by atoms with Gasteiger partial charge in [0, 0.05) is 24.2 Å². The van der Waals surface area contributed by atoms with Crippen LogP contribution in [0.1, 0.15) is 37.0 Å². The standard InChI is InChI=1S/C13H18N4S/c1-9(2)7-10-8-12-14-4-3-11(17(12)16-10)13-15-5-6-18-13/h5-6,8-9,11,14H,3-4,7H2,1-2H3. The Labute approximate surface area is 111 Å². The van der Waals surface area contributed by atoms with Gasteiger partial charge in [0.15, 0.2) is 0 Å². The van der Waals surface area contributed by atoms with Gasteiger partial charge in [-0.05, 0) is 18.8 Å². The van der Waals surface area contributed by atoms with Crippen molar-refractivity contribution >= 4 is 17.2 Å². The van der Waals surface area contributed by atoms with Crippen molar-refractivity contribution < 1.29 is 0 Å². The van der Waals surface area contributed by atoms with Crippen molar-refractivity contribution in [3.05, 3.63) is 28.3 Å². The average molecular weight is 262 g/mol. The fourth-order valence-electron chi connectivity index (χ4n) is 2.42. The first-order valence-corrected chi connectivity index (χ1v) is 7.33. The predicted octanol–water partition coefficient (Wildman–Crippen LogP) is 2.94. The summed E-state index contributed by atoms with van der Waals surface area (Å²) in [5.74, 6) is 1.78. The number of thiazole rings is 1. The van der Waals surface area contributed by atoms with E-state index in [1.807, 2.05) is 11.6 Å². The Balaban J connectivity index is 1.93. The van der Waals surface area contributed by atoms with E-state index in [0.29, 0.717) is 12.0 Å². The largest absolute Gasteiger partial charge is 0.370 e. The molecule has 0 bridgehead atoms. The monoisotopic (exact) mass is 262 g/mol. The van der Waals surface area contributed by atoms with Crippen molar-refractivity contribution in [1.29, 1.82) is 0 Å². The molecule has 2 aromatic heterocycles. The molecule has 0 radical (unpaired) electrons. The number of nitrogens with one attached hydrogen (secondary N) is 1. The summed E-state index contributed by atoms with van der Waals surface area (Å²) in [6, 6.07) is 2.49. The lowest BCUT2D eigenvalue weighted by molar-refractivity contribution is 0.472. The molecule has 96 valence electrons. The molecular formula is C13H18N4S. The van der Waals surface area contributed by atoms with Gasteiger partial charge in [-0.2, -0.15) is 5.10 Å². The Morgan fingerprint density at radius 2 is 2.44 bits per heavy atom. The molecule has 2 aromatic rings. The Morgan fingerprint density at radius 3 is 3.17 bits per heavy atom. The molecule has 1 aliphatic heterocycles. The summed E-state index contributed by atoms with van der Waals surface area (Å²) in [7, 11) is 0. The van der Waals surface area contributed by atoms with Crippen molar-refractivity contribution in [2.24, 2.45) is 5.92 Å². The molecule has 4 nitrogen and oxygen atoms in total. The summed E-state index contributed by atoms with van der Waals surface area (Å²) in [6.07, 6.45) is 3.97. The molecule has 0 fully saturated rings. The van der Waals surface area contributed by atoms with Crippen LogP contribution < -0.4 is 5.32 Å². The topological polar surface area (TPSA) is 42.7 Å². The van der Waals surface area contributed by atoms with E-state index in [9.17, 15) is 0 Å². The third-order valence-corrected chi connectivity index (χ3v) is 4.04. The normalized spacial score (nSPS) is 18.7. The van der Waals surface area contributed by atoms with Gasteiger partial charge in [0.05, 0.1) is 5.69 Å². The number of fused-ring (bicyclic) bond motifs is 1. The number of anilines is 1. The maximum Gasteiger partial charge on any atom is 0.125 e. The zero-order chi connectivity index (χ0) is 12.5. The molecule has 3 heterocycles. The molecule has 5 heteroatoms. The molecule has 1 atom stereocenters. The van der Waals surface area contributed by atoms with E-state index >= 15 is 0 Å². The minimum Gasteiger partial charge on any atom is -0.370 e. The van der Waals surface area contributed by atoms with Gasteiger partial charge >= 0.3 is 0 Å². The molecule has 0 amide bonds. The minimum absolute atomic E-state index is 0.308. The van der Waals surface area contributed by atoms with Gasteiger partial charge in [0.1, 0.15) is 16.9 Å². The third-order valence-electron chi connectivity index (χ3n) is 3.16. The maximum atomic E-state index is 4.75. The van der Waals surface area contributed by atoms with Crippen LogP contribution in [0.25, 0.3) is 0 Å². The lowest BCUT2D eigenvalue weighted by Gasteiger charge is -2.23. The Bertz CT molecular complexity index is 515. The lowest BCUT2D eigenvalue weighted by atomic mass is 10.1. The number of nitrogens with zero attached hydrogens (tertiary/aromatic N) is 3. The first-order chi connectivity index (χ1) is 8.74. The van der Waals surface area contributed by atoms with Crippen molar-refractivity contribution in [3.8, 4) is 0 Å². The van der Waals surface area contributed by atoms with Gasteiger partial charge in [-0.15, -0.1) is 11.3 Å². The number of aromatic nitrogens is 3. The molecule has 0 spiro atoms. The van der Waals surface area contributed by atoms with Gasteiger partial charge in [-0.25, -0.2) is 9.67 Å². The Morgan fingerprint density at radius 1 is 1.56 bits per heavy atom. The summed E-state index contributed by atoms with van der Waals surface area (Å²) in [6.45, 7) is 5.45. The molecule has 0 aliphatic carbocycles. The van der Waals surface area contributed by atoms with Crippen LogP contribution in [0.15, 0.2) is 17.6 Å². The van der Waals surface area contributed by atoms with Gasteiger partial charge in [-0.3, -0.25) is 0 Å². The van der Waals surface area contributed by atoms with Crippen LogP contribution in [-0.2, 0) is 6.42 Å². The van der Waals surface area contributed by atoms with Gasteiger partial charge < -0.3 is 5.32 Å². The second kappa shape index (κ2) is 4.72. The molecular weight excluding hydrogens is 244 g/mol.